The zero-order valence-corrected chi connectivity index (χ0v) is 21.8. The fourth-order valence-corrected chi connectivity index (χ4v) is 5.80. The van der Waals surface area contributed by atoms with E-state index >= 15 is 0 Å². The fraction of sp³-hybridized carbons (Fsp3) is 0.357. The number of pyridine rings is 2. The van der Waals surface area contributed by atoms with Gasteiger partial charge in [-0.15, -0.1) is 0 Å². The van der Waals surface area contributed by atoms with E-state index in [0.29, 0.717) is 43.5 Å². The molecule has 0 radical (unpaired) electrons. The molecule has 3 aromatic rings. The predicted molar refractivity (Wildman–Crippen MR) is 138 cm³/mol. The van der Waals surface area contributed by atoms with Crippen LogP contribution < -0.4 is 10.2 Å². The predicted octanol–water partition coefficient (Wildman–Crippen LogP) is 5.09. The topological polar surface area (TPSA) is 95.4 Å². The van der Waals surface area contributed by atoms with Crippen LogP contribution in [0.3, 0.4) is 0 Å². The van der Waals surface area contributed by atoms with Crippen molar-refractivity contribution in [1.29, 1.82) is 0 Å². The van der Waals surface area contributed by atoms with Crippen LogP contribution in [0.2, 0.25) is 5.02 Å². The highest BCUT2D eigenvalue weighted by Crippen LogP contribution is 2.47. The van der Waals surface area contributed by atoms with Gasteiger partial charge in [-0.3, -0.25) is 19.6 Å². The molecule has 39 heavy (non-hydrogen) atoms. The van der Waals surface area contributed by atoms with Crippen molar-refractivity contribution in [1.82, 2.24) is 15.3 Å². The van der Waals surface area contributed by atoms with E-state index in [1.165, 1.54) is 23.2 Å². The van der Waals surface area contributed by atoms with Crippen molar-refractivity contribution in [3.8, 4) is 0 Å². The molecule has 0 bridgehead atoms. The third-order valence-electron chi connectivity index (χ3n) is 7.57. The molecule has 7 nitrogen and oxygen atoms in total. The number of aliphatic hydroxyl groups is 1. The summed E-state index contributed by atoms with van der Waals surface area (Å²) in [4.78, 5) is 35.3. The lowest BCUT2D eigenvalue weighted by Gasteiger charge is -2.32. The van der Waals surface area contributed by atoms with Crippen LogP contribution in [0.5, 0.6) is 0 Å². The van der Waals surface area contributed by atoms with Crippen LogP contribution in [0.1, 0.15) is 64.9 Å². The summed E-state index contributed by atoms with van der Waals surface area (Å²) in [5, 5.41) is 14.5. The summed E-state index contributed by atoms with van der Waals surface area (Å²) in [6.07, 6.45) is 2.90. The summed E-state index contributed by atoms with van der Waals surface area (Å²) >= 11 is 5.87. The Hall–Kier alpha value is -3.50. The molecule has 2 aromatic heterocycles. The highest BCUT2D eigenvalue weighted by Gasteiger charge is 2.53. The van der Waals surface area contributed by atoms with E-state index in [-0.39, 0.29) is 28.1 Å². The smallest absolute Gasteiger partial charge is 0.281 e. The van der Waals surface area contributed by atoms with E-state index in [2.05, 4.69) is 15.3 Å². The lowest BCUT2D eigenvalue weighted by molar-refractivity contribution is -0.132. The van der Waals surface area contributed by atoms with E-state index in [4.69, 9.17) is 11.6 Å². The first-order chi connectivity index (χ1) is 18.6. The zero-order valence-electron chi connectivity index (χ0n) is 21.0. The molecular formula is C28H26ClF3N4O3. The van der Waals surface area contributed by atoms with Gasteiger partial charge in [0.05, 0.1) is 22.5 Å². The molecule has 1 fully saturated rings. The van der Waals surface area contributed by atoms with Crippen molar-refractivity contribution < 1.29 is 27.9 Å². The maximum atomic E-state index is 14.7. The SMILES string of the molecule is Cc1cccc2c1N(C[C@H]1CC[C@H](NC(=O)c3cc(Cl)cnc3C(F)F)CC1)C(=O)C2(O)c1ccncc1F. The molecular weight excluding hydrogens is 533 g/mol. The summed E-state index contributed by atoms with van der Waals surface area (Å²) in [7, 11) is 0. The number of para-hydroxylation sites is 1. The normalized spacial score (nSPS) is 22.7. The van der Waals surface area contributed by atoms with Gasteiger partial charge in [0.2, 0.25) is 0 Å². The van der Waals surface area contributed by atoms with E-state index in [1.807, 2.05) is 13.0 Å². The summed E-state index contributed by atoms with van der Waals surface area (Å²) in [6.45, 7) is 2.14. The number of aromatic nitrogens is 2. The lowest BCUT2D eigenvalue weighted by atomic mass is 9.85. The molecule has 11 heteroatoms. The van der Waals surface area contributed by atoms with Gasteiger partial charge in [0, 0.05) is 36.1 Å². The number of halogens is 4. The zero-order chi connectivity index (χ0) is 27.9. The second-order valence-corrected chi connectivity index (χ2v) is 10.5. The highest BCUT2D eigenvalue weighted by atomic mass is 35.5. The summed E-state index contributed by atoms with van der Waals surface area (Å²) in [5.74, 6) is -2.01. The Labute approximate surface area is 228 Å². The first-order valence-corrected chi connectivity index (χ1v) is 13.0. The Morgan fingerprint density at radius 3 is 2.64 bits per heavy atom. The van der Waals surface area contributed by atoms with Crippen LogP contribution >= 0.6 is 11.6 Å². The molecule has 1 aromatic carbocycles. The van der Waals surface area contributed by atoms with Crippen LogP contribution in [-0.4, -0.2) is 39.5 Å². The van der Waals surface area contributed by atoms with Crippen LogP contribution in [0.25, 0.3) is 0 Å². The quantitative estimate of drug-likeness (QED) is 0.440. The van der Waals surface area contributed by atoms with Crippen molar-refractivity contribution in [2.75, 3.05) is 11.4 Å². The number of hydrogen-bond donors (Lipinski definition) is 2. The molecule has 1 saturated carbocycles. The number of benzene rings is 1. The molecule has 2 aliphatic rings. The van der Waals surface area contributed by atoms with E-state index in [9.17, 15) is 27.9 Å². The minimum Gasteiger partial charge on any atom is -0.372 e. The van der Waals surface area contributed by atoms with Gasteiger partial charge in [-0.1, -0.05) is 29.8 Å². The van der Waals surface area contributed by atoms with Gasteiger partial charge in [-0.25, -0.2) is 13.2 Å². The number of anilines is 1. The molecule has 1 atom stereocenters. The number of alkyl halides is 2. The maximum Gasteiger partial charge on any atom is 0.281 e. The van der Waals surface area contributed by atoms with Gasteiger partial charge >= 0.3 is 0 Å². The van der Waals surface area contributed by atoms with Crippen LogP contribution in [0.15, 0.2) is 48.9 Å². The number of aryl methyl sites for hydroxylation is 1. The largest absolute Gasteiger partial charge is 0.372 e. The van der Waals surface area contributed by atoms with Gasteiger partial charge in [-0.05, 0) is 56.2 Å². The van der Waals surface area contributed by atoms with E-state index < -0.39 is 35.4 Å². The summed E-state index contributed by atoms with van der Waals surface area (Å²) < 4.78 is 41.4. The number of fused-ring (bicyclic) bond motifs is 1. The number of amides is 2. The molecule has 1 aliphatic carbocycles. The third-order valence-corrected chi connectivity index (χ3v) is 7.78. The number of carbonyl (C=O) groups excluding carboxylic acids is 2. The van der Waals surface area contributed by atoms with Gasteiger partial charge in [0.25, 0.3) is 18.2 Å². The van der Waals surface area contributed by atoms with Crippen LogP contribution in [0.4, 0.5) is 18.9 Å². The van der Waals surface area contributed by atoms with Gasteiger partial charge in [-0.2, -0.15) is 0 Å². The van der Waals surface area contributed by atoms with Gasteiger partial charge in [0.15, 0.2) is 5.60 Å². The second-order valence-electron chi connectivity index (χ2n) is 10.0. The molecule has 0 saturated heterocycles. The molecule has 5 rings (SSSR count). The van der Waals surface area contributed by atoms with Crippen molar-refractivity contribution in [3.63, 3.8) is 0 Å². The third kappa shape index (κ3) is 4.87. The summed E-state index contributed by atoms with van der Waals surface area (Å²) in [5.41, 5.74) is -1.54. The number of nitrogens with zero attached hydrogens (tertiary/aromatic N) is 3. The molecule has 2 N–H and O–H groups in total. The number of rotatable bonds is 6. The fourth-order valence-electron chi connectivity index (χ4n) is 5.64. The lowest BCUT2D eigenvalue weighted by Crippen LogP contribution is -2.45. The molecule has 204 valence electrons. The Morgan fingerprint density at radius 1 is 1.21 bits per heavy atom. The molecule has 1 unspecified atom stereocenters. The maximum absolute atomic E-state index is 14.7. The number of hydrogen-bond acceptors (Lipinski definition) is 5. The minimum atomic E-state index is -2.91. The molecule has 3 heterocycles. The van der Waals surface area contributed by atoms with Crippen molar-refractivity contribution >= 4 is 29.1 Å². The number of carbonyl (C=O) groups is 2. The average Bonchev–Trinajstić information content (AvgIpc) is 3.13. The minimum absolute atomic E-state index is 0.0451. The van der Waals surface area contributed by atoms with E-state index in [1.54, 1.807) is 12.1 Å². The van der Waals surface area contributed by atoms with E-state index in [0.717, 1.165) is 18.0 Å². The molecule has 0 spiro atoms. The first kappa shape index (κ1) is 27.1. The first-order valence-electron chi connectivity index (χ1n) is 12.6. The Morgan fingerprint density at radius 2 is 1.95 bits per heavy atom. The van der Waals surface area contributed by atoms with Crippen molar-refractivity contribution in [2.45, 2.75) is 50.7 Å². The average molecular weight is 559 g/mol. The standard InChI is InChI=1S/C28H26ClF3N4O3/c1-15-3-2-4-21-24(15)36(27(38)28(21,39)20-9-10-33-13-22(20)30)14-16-5-7-18(8-6-16)35-26(37)19-11-17(29)12-34-23(19)25(31)32/h2-4,9-13,16,18,25,39H,5-8,14H2,1H3,(H,35,37)/t16-,18-,28?. The molecule has 2 amide bonds. The Kier molecular flexibility index (Phi) is 7.35. The molecule has 1 aliphatic heterocycles. The van der Waals surface area contributed by atoms with Crippen LogP contribution in [0, 0.1) is 18.7 Å². The monoisotopic (exact) mass is 558 g/mol. The Balaban J connectivity index is 1.30. The van der Waals surface area contributed by atoms with Crippen LogP contribution in [-0.2, 0) is 10.4 Å². The summed E-state index contributed by atoms with van der Waals surface area (Å²) in [6, 6.07) is 7.43. The van der Waals surface area contributed by atoms with Crippen molar-refractivity contribution in [2.24, 2.45) is 5.92 Å². The van der Waals surface area contributed by atoms with Gasteiger partial charge in [0.1, 0.15) is 11.5 Å². The Bertz CT molecular complexity index is 1430. The highest BCUT2D eigenvalue weighted by molar-refractivity contribution is 6.30. The van der Waals surface area contributed by atoms with Gasteiger partial charge < -0.3 is 15.3 Å². The van der Waals surface area contributed by atoms with Crippen molar-refractivity contribution in [3.05, 3.63) is 87.7 Å². The number of nitrogens with one attached hydrogen (secondary N) is 1. The second kappa shape index (κ2) is 10.6.